The lowest BCUT2D eigenvalue weighted by Gasteiger charge is -2.40. The number of amides is 1. The second-order valence-corrected chi connectivity index (χ2v) is 8.00. The van der Waals surface area contributed by atoms with Crippen LogP contribution in [0.3, 0.4) is 0 Å². The Hall–Kier alpha value is -1.69. The first-order valence-electron chi connectivity index (χ1n) is 9.62. The summed E-state index contributed by atoms with van der Waals surface area (Å²) >= 11 is 0. The van der Waals surface area contributed by atoms with Crippen molar-refractivity contribution in [1.29, 1.82) is 0 Å². The molecular weight excluding hydrogens is 338 g/mol. The first-order chi connectivity index (χ1) is 12.6. The van der Waals surface area contributed by atoms with Crippen molar-refractivity contribution in [2.45, 2.75) is 38.1 Å². The van der Waals surface area contributed by atoms with Crippen molar-refractivity contribution in [1.82, 2.24) is 9.80 Å². The Morgan fingerprint density at radius 3 is 2.65 bits per heavy atom. The maximum Gasteiger partial charge on any atom is 0.260 e. The van der Waals surface area contributed by atoms with E-state index < -0.39 is 23.1 Å². The van der Waals surface area contributed by atoms with E-state index in [0.29, 0.717) is 25.0 Å². The number of carbonyl (C=O) groups excluding carboxylic acids is 1. The zero-order valence-electron chi connectivity index (χ0n) is 15.2. The van der Waals surface area contributed by atoms with Crippen molar-refractivity contribution in [3.63, 3.8) is 0 Å². The van der Waals surface area contributed by atoms with Gasteiger partial charge in [-0.25, -0.2) is 8.78 Å². The van der Waals surface area contributed by atoms with E-state index in [1.807, 2.05) is 0 Å². The number of halogens is 2. The Morgan fingerprint density at radius 2 is 1.96 bits per heavy atom. The van der Waals surface area contributed by atoms with Crippen LogP contribution in [-0.4, -0.2) is 55.0 Å². The van der Waals surface area contributed by atoms with Crippen molar-refractivity contribution in [3.05, 3.63) is 29.3 Å². The summed E-state index contributed by atoms with van der Waals surface area (Å²) in [5, 5.41) is 0. The maximum absolute atomic E-state index is 14.5. The van der Waals surface area contributed by atoms with Gasteiger partial charge in [0.2, 0.25) is 0 Å². The lowest BCUT2D eigenvalue weighted by Crippen LogP contribution is -2.47. The molecule has 3 aliphatic heterocycles. The minimum atomic E-state index is -0.902. The molecule has 0 unspecified atom stereocenters. The van der Waals surface area contributed by atoms with E-state index >= 15 is 0 Å². The molecular formula is C20H26F2N2O2. The molecule has 0 aromatic heterocycles. The number of hydrogen-bond donors (Lipinski definition) is 0. The molecule has 1 saturated carbocycles. The third-order valence-electron chi connectivity index (χ3n) is 6.32. The Labute approximate surface area is 153 Å². The van der Waals surface area contributed by atoms with Crippen molar-refractivity contribution >= 4 is 5.91 Å². The van der Waals surface area contributed by atoms with Crippen LogP contribution in [0.1, 0.15) is 42.5 Å². The van der Waals surface area contributed by atoms with E-state index in [0.717, 1.165) is 37.9 Å². The van der Waals surface area contributed by atoms with Crippen LogP contribution in [0.2, 0.25) is 0 Å². The Balaban J connectivity index is 1.54. The first-order valence-corrected chi connectivity index (χ1v) is 9.62. The Bertz CT molecular complexity index is 693. The highest BCUT2D eigenvalue weighted by molar-refractivity contribution is 5.95. The molecule has 0 radical (unpaired) electrons. The van der Waals surface area contributed by atoms with Crippen LogP contribution >= 0.6 is 0 Å². The lowest BCUT2D eigenvalue weighted by molar-refractivity contribution is 0.0707. The third-order valence-corrected chi connectivity index (χ3v) is 6.32. The van der Waals surface area contributed by atoms with Gasteiger partial charge in [0.05, 0.1) is 7.11 Å². The summed E-state index contributed by atoms with van der Waals surface area (Å²) in [7, 11) is 1.31. The van der Waals surface area contributed by atoms with E-state index in [1.54, 1.807) is 4.90 Å². The molecule has 5 rings (SSSR count). The topological polar surface area (TPSA) is 32.8 Å². The van der Waals surface area contributed by atoms with Crippen LogP contribution in [0.25, 0.3) is 0 Å². The van der Waals surface area contributed by atoms with Crippen LogP contribution < -0.4 is 4.74 Å². The zero-order chi connectivity index (χ0) is 18.3. The average molecular weight is 364 g/mol. The molecule has 1 amide bonds. The highest BCUT2D eigenvalue weighted by Crippen LogP contribution is 2.34. The standard InChI is InChI=1S/C20H26F2N2O2/c1-26-17-8-7-16(21)18(19(17)22)20(25)24-11-14-5-6-15(12-24)23(10-14)9-13-3-2-4-13/h7-8,13-15H,2-6,9-12H2,1H3/t14-,15-/m0/s1. The maximum atomic E-state index is 14.5. The monoisotopic (exact) mass is 364 g/mol. The summed E-state index contributed by atoms with van der Waals surface area (Å²) in [5.74, 6) is -1.21. The normalized spacial score (nSPS) is 26.5. The van der Waals surface area contributed by atoms with Gasteiger partial charge < -0.3 is 9.64 Å². The molecule has 3 saturated heterocycles. The minimum absolute atomic E-state index is 0.0980. The van der Waals surface area contributed by atoms with Crippen LogP contribution in [0.4, 0.5) is 8.78 Å². The quantitative estimate of drug-likeness (QED) is 0.822. The van der Waals surface area contributed by atoms with Crippen LogP contribution in [0.5, 0.6) is 5.75 Å². The summed E-state index contributed by atoms with van der Waals surface area (Å²) in [6.07, 6.45) is 6.07. The number of rotatable bonds is 4. The van der Waals surface area contributed by atoms with Crippen LogP contribution in [-0.2, 0) is 0 Å². The van der Waals surface area contributed by atoms with Crippen molar-refractivity contribution in [2.24, 2.45) is 11.8 Å². The molecule has 2 bridgehead atoms. The fourth-order valence-corrected chi connectivity index (χ4v) is 4.62. The molecule has 0 N–H and O–H groups in total. The SMILES string of the molecule is COc1ccc(F)c(C(=O)N2C[C@H]3CC[C@@H](C2)N(CC2CCC2)C3)c1F. The fraction of sp³-hybridized carbons (Fsp3) is 0.650. The number of hydrogen-bond acceptors (Lipinski definition) is 3. The van der Waals surface area contributed by atoms with E-state index in [4.69, 9.17) is 4.74 Å². The van der Waals surface area contributed by atoms with Gasteiger partial charge in [-0.05, 0) is 49.7 Å². The Kier molecular flexibility index (Phi) is 4.86. The minimum Gasteiger partial charge on any atom is -0.494 e. The van der Waals surface area contributed by atoms with Gasteiger partial charge in [0.15, 0.2) is 11.6 Å². The molecule has 1 aromatic carbocycles. The van der Waals surface area contributed by atoms with Crippen molar-refractivity contribution in [2.75, 3.05) is 33.3 Å². The summed E-state index contributed by atoms with van der Waals surface area (Å²) in [4.78, 5) is 17.1. The van der Waals surface area contributed by atoms with Gasteiger partial charge in [-0.1, -0.05) is 6.42 Å². The summed E-state index contributed by atoms with van der Waals surface area (Å²) in [5.41, 5.74) is -0.490. The fourth-order valence-electron chi connectivity index (χ4n) is 4.62. The second-order valence-electron chi connectivity index (χ2n) is 8.00. The highest BCUT2D eigenvalue weighted by Gasteiger charge is 2.39. The molecule has 2 atom stereocenters. The largest absolute Gasteiger partial charge is 0.494 e. The molecule has 26 heavy (non-hydrogen) atoms. The Morgan fingerprint density at radius 1 is 1.15 bits per heavy atom. The molecule has 4 nitrogen and oxygen atoms in total. The van der Waals surface area contributed by atoms with Gasteiger partial charge in [-0.3, -0.25) is 9.69 Å². The third kappa shape index (κ3) is 3.20. The van der Waals surface area contributed by atoms with Gasteiger partial charge in [-0.2, -0.15) is 0 Å². The van der Waals surface area contributed by atoms with E-state index in [-0.39, 0.29) is 5.75 Å². The number of piperidine rings is 1. The molecule has 4 fully saturated rings. The molecule has 0 spiro atoms. The smallest absolute Gasteiger partial charge is 0.260 e. The summed E-state index contributed by atoms with van der Waals surface area (Å²) < 4.78 is 33.7. The van der Waals surface area contributed by atoms with E-state index in [1.165, 1.54) is 32.4 Å². The number of nitrogens with zero attached hydrogens (tertiary/aromatic N) is 2. The van der Waals surface area contributed by atoms with E-state index in [2.05, 4.69) is 4.90 Å². The molecule has 1 aliphatic carbocycles. The zero-order valence-corrected chi connectivity index (χ0v) is 15.2. The summed E-state index contributed by atoms with van der Waals surface area (Å²) in [6, 6.07) is 2.62. The number of methoxy groups -OCH3 is 1. The van der Waals surface area contributed by atoms with Crippen molar-refractivity contribution in [3.8, 4) is 5.75 Å². The molecule has 1 aromatic rings. The lowest BCUT2D eigenvalue weighted by atomic mass is 9.83. The van der Waals surface area contributed by atoms with Gasteiger partial charge in [-0.15, -0.1) is 0 Å². The number of ether oxygens (including phenoxy) is 1. The van der Waals surface area contributed by atoms with Gasteiger partial charge in [0.25, 0.3) is 5.91 Å². The first kappa shape index (κ1) is 17.7. The number of fused-ring (bicyclic) bond motifs is 4. The van der Waals surface area contributed by atoms with Crippen LogP contribution in [0, 0.1) is 23.5 Å². The second kappa shape index (κ2) is 7.14. The van der Waals surface area contributed by atoms with Crippen LogP contribution in [0.15, 0.2) is 12.1 Å². The van der Waals surface area contributed by atoms with Gasteiger partial charge >= 0.3 is 0 Å². The average Bonchev–Trinajstić information content (AvgIpc) is 2.90. The predicted octanol–water partition coefficient (Wildman–Crippen LogP) is 3.31. The van der Waals surface area contributed by atoms with Crippen molar-refractivity contribution < 1.29 is 18.3 Å². The molecule has 142 valence electrons. The van der Waals surface area contributed by atoms with E-state index in [9.17, 15) is 13.6 Å². The summed E-state index contributed by atoms with van der Waals surface area (Å²) in [6.45, 7) is 3.23. The molecule has 4 aliphatic rings. The highest BCUT2D eigenvalue weighted by atomic mass is 19.1. The molecule has 6 heteroatoms. The predicted molar refractivity (Wildman–Crippen MR) is 94.2 cm³/mol. The molecule has 3 heterocycles. The number of benzene rings is 1. The van der Waals surface area contributed by atoms with Gasteiger partial charge in [0, 0.05) is 32.2 Å². The number of carbonyl (C=O) groups is 1. The van der Waals surface area contributed by atoms with Gasteiger partial charge in [0.1, 0.15) is 11.4 Å².